The highest BCUT2D eigenvalue weighted by Crippen LogP contribution is 2.36. The van der Waals surface area contributed by atoms with Gasteiger partial charge in [-0.15, -0.1) is 0 Å². The summed E-state index contributed by atoms with van der Waals surface area (Å²) in [6.45, 7) is 7.11. The minimum Gasteiger partial charge on any atom is -0.463 e. The van der Waals surface area contributed by atoms with Crippen LogP contribution in [0.1, 0.15) is 40.0 Å². The Morgan fingerprint density at radius 1 is 1.29 bits per heavy atom. The number of esters is 2. The highest BCUT2D eigenvalue weighted by atomic mass is 16.6. The summed E-state index contributed by atoms with van der Waals surface area (Å²) in [4.78, 5) is 27.3. The standard InChI is InChI=1S/C18H27NO5/c1-4-12-9-11(2)18(3,22)17(21)23-10-13-5-7-19-8-6-14(15(13)19)24-16(12)20/h4,11,13-15,22H,5-10H2,1-3H3/b12-4-/t11-,13-,14+,15+,18-/m0/s1. The minimum atomic E-state index is -1.62. The van der Waals surface area contributed by atoms with E-state index < -0.39 is 17.5 Å². The van der Waals surface area contributed by atoms with Crippen molar-refractivity contribution < 1.29 is 24.2 Å². The lowest BCUT2D eigenvalue weighted by atomic mass is 9.85. The van der Waals surface area contributed by atoms with Crippen molar-refractivity contribution in [1.29, 1.82) is 0 Å². The first-order chi connectivity index (χ1) is 11.3. The van der Waals surface area contributed by atoms with Gasteiger partial charge in [0.25, 0.3) is 0 Å². The molecule has 0 aliphatic carbocycles. The van der Waals surface area contributed by atoms with Gasteiger partial charge in [0.05, 0.1) is 12.6 Å². The van der Waals surface area contributed by atoms with Crippen LogP contribution in [0.4, 0.5) is 0 Å². The SMILES string of the molecule is C/C=C1/C[C@H](C)[C@](C)(O)C(=O)OC[C@@H]2CCN3CC[C@@H](OC1=O)[C@@H]23. The fourth-order valence-corrected chi connectivity index (χ4v) is 4.11. The average Bonchev–Trinajstić information content (AvgIpc) is 3.12. The molecular weight excluding hydrogens is 310 g/mol. The Balaban J connectivity index is 1.89. The monoisotopic (exact) mass is 337 g/mol. The second-order valence-corrected chi connectivity index (χ2v) is 7.47. The quantitative estimate of drug-likeness (QED) is 0.530. The number of ether oxygens (including phenoxy) is 2. The van der Waals surface area contributed by atoms with Gasteiger partial charge in [0.1, 0.15) is 6.10 Å². The fourth-order valence-electron chi connectivity index (χ4n) is 4.11. The smallest absolute Gasteiger partial charge is 0.338 e. The molecule has 0 radical (unpaired) electrons. The molecule has 134 valence electrons. The van der Waals surface area contributed by atoms with Crippen LogP contribution < -0.4 is 0 Å². The average molecular weight is 337 g/mol. The van der Waals surface area contributed by atoms with Crippen molar-refractivity contribution in [3.05, 3.63) is 11.6 Å². The Kier molecular flexibility index (Phi) is 4.71. The van der Waals surface area contributed by atoms with Crippen LogP contribution in [0.25, 0.3) is 0 Å². The van der Waals surface area contributed by atoms with Gasteiger partial charge in [-0.2, -0.15) is 0 Å². The maximum Gasteiger partial charge on any atom is 0.338 e. The van der Waals surface area contributed by atoms with E-state index in [-0.39, 0.29) is 37.1 Å². The molecule has 0 aromatic carbocycles. The predicted octanol–water partition coefficient (Wildman–Crippen LogP) is 1.27. The molecule has 3 heterocycles. The molecule has 24 heavy (non-hydrogen) atoms. The third-order valence-corrected chi connectivity index (χ3v) is 5.97. The third kappa shape index (κ3) is 2.97. The number of hydrogen-bond acceptors (Lipinski definition) is 6. The van der Waals surface area contributed by atoms with Gasteiger partial charge < -0.3 is 14.6 Å². The van der Waals surface area contributed by atoms with E-state index in [0.717, 1.165) is 25.9 Å². The summed E-state index contributed by atoms with van der Waals surface area (Å²) < 4.78 is 11.3. The van der Waals surface area contributed by atoms with Crippen molar-refractivity contribution in [2.45, 2.75) is 57.8 Å². The molecule has 6 heteroatoms. The van der Waals surface area contributed by atoms with Gasteiger partial charge in [0, 0.05) is 18.0 Å². The van der Waals surface area contributed by atoms with Crippen molar-refractivity contribution in [3.8, 4) is 0 Å². The molecule has 3 fully saturated rings. The van der Waals surface area contributed by atoms with Crippen LogP contribution in [0.5, 0.6) is 0 Å². The lowest BCUT2D eigenvalue weighted by molar-refractivity contribution is -0.172. The van der Waals surface area contributed by atoms with Crippen molar-refractivity contribution in [1.82, 2.24) is 4.90 Å². The number of nitrogens with zero attached hydrogens (tertiary/aromatic N) is 1. The molecule has 3 aliphatic rings. The molecule has 1 N–H and O–H groups in total. The van der Waals surface area contributed by atoms with E-state index in [1.165, 1.54) is 6.92 Å². The first-order valence-electron chi connectivity index (χ1n) is 8.84. The summed E-state index contributed by atoms with van der Waals surface area (Å²) in [5.74, 6) is -1.23. The van der Waals surface area contributed by atoms with E-state index >= 15 is 0 Å². The fraction of sp³-hybridized carbons (Fsp3) is 0.778. The Morgan fingerprint density at radius 2 is 2.00 bits per heavy atom. The first kappa shape index (κ1) is 17.4. The molecule has 3 rings (SSSR count). The summed E-state index contributed by atoms with van der Waals surface area (Å²) >= 11 is 0. The van der Waals surface area contributed by atoms with E-state index in [4.69, 9.17) is 9.47 Å². The van der Waals surface area contributed by atoms with Crippen LogP contribution in [0.2, 0.25) is 0 Å². The Labute approximate surface area is 142 Å². The minimum absolute atomic E-state index is 0.113. The third-order valence-electron chi connectivity index (χ3n) is 5.97. The van der Waals surface area contributed by atoms with Gasteiger partial charge in [0.15, 0.2) is 5.60 Å². The number of rotatable bonds is 0. The maximum absolute atomic E-state index is 12.6. The number of carbonyl (C=O) groups excluding carboxylic acids is 2. The van der Waals surface area contributed by atoms with Crippen molar-refractivity contribution in [2.75, 3.05) is 19.7 Å². The van der Waals surface area contributed by atoms with Gasteiger partial charge in [-0.1, -0.05) is 13.0 Å². The van der Waals surface area contributed by atoms with Crippen LogP contribution in [0, 0.1) is 11.8 Å². The van der Waals surface area contributed by atoms with Crippen molar-refractivity contribution >= 4 is 11.9 Å². The summed E-state index contributed by atoms with van der Waals surface area (Å²) in [6.07, 6.45) is 3.59. The maximum atomic E-state index is 12.6. The van der Waals surface area contributed by atoms with Gasteiger partial charge in [-0.3, -0.25) is 4.90 Å². The van der Waals surface area contributed by atoms with E-state index in [9.17, 15) is 14.7 Å². The molecule has 0 bridgehead atoms. The second-order valence-electron chi connectivity index (χ2n) is 7.47. The predicted molar refractivity (Wildman–Crippen MR) is 87.1 cm³/mol. The lowest BCUT2D eigenvalue weighted by Crippen LogP contribution is -2.46. The highest BCUT2D eigenvalue weighted by Gasteiger charge is 2.48. The Hall–Kier alpha value is -1.40. The second kappa shape index (κ2) is 6.48. The molecule has 0 amide bonds. The molecule has 0 aromatic heterocycles. The number of cyclic esters (lactones) is 1. The molecule has 3 saturated heterocycles. The Morgan fingerprint density at radius 3 is 2.71 bits per heavy atom. The molecule has 0 spiro atoms. The topological polar surface area (TPSA) is 76.1 Å². The highest BCUT2D eigenvalue weighted by molar-refractivity contribution is 5.89. The summed E-state index contributed by atoms with van der Waals surface area (Å²) in [5.41, 5.74) is -1.12. The summed E-state index contributed by atoms with van der Waals surface area (Å²) in [5, 5.41) is 10.6. The van der Waals surface area contributed by atoms with Gasteiger partial charge >= 0.3 is 11.9 Å². The lowest BCUT2D eigenvalue weighted by Gasteiger charge is -2.32. The molecule has 0 aromatic rings. The number of allylic oxidation sites excluding steroid dienone is 1. The van der Waals surface area contributed by atoms with Crippen LogP contribution in [-0.4, -0.2) is 59.4 Å². The summed E-state index contributed by atoms with van der Waals surface area (Å²) in [7, 11) is 0. The van der Waals surface area contributed by atoms with Crippen LogP contribution in [-0.2, 0) is 19.1 Å². The molecule has 3 aliphatic heterocycles. The van der Waals surface area contributed by atoms with Crippen LogP contribution >= 0.6 is 0 Å². The number of hydrogen-bond donors (Lipinski definition) is 1. The normalized spacial score (nSPS) is 42.9. The van der Waals surface area contributed by atoms with Gasteiger partial charge in [-0.25, -0.2) is 9.59 Å². The zero-order valence-corrected chi connectivity index (χ0v) is 14.7. The zero-order chi connectivity index (χ0) is 17.5. The zero-order valence-electron chi connectivity index (χ0n) is 14.7. The molecule has 0 saturated carbocycles. The molecular formula is C18H27NO5. The first-order valence-corrected chi connectivity index (χ1v) is 8.84. The van der Waals surface area contributed by atoms with E-state index in [1.807, 2.05) is 0 Å². The van der Waals surface area contributed by atoms with Crippen molar-refractivity contribution in [3.63, 3.8) is 0 Å². The molecule has 5 atom stereocenters. The van der Waals surface area contributed by atoms with E-state index in [2.05, 4.69) is 4.90 Å². The van der Waals surface area contributed by atoms with E-state index in [1.54, 1.807) is 19.9 Å². The Bertz CT molecular complexity index is 556. The number of aliphatic hydroxyl groups is 1. The van der Waals surface area contributed by atoms with Gasteiger partial charge in [0.2, 0.25) is 0 Å². The van der Waals surface area contributed by atoms with Crippen LogP contribution in [0.15, 0.2) is 11.6 Å². The molecule has 6 nitrogen and oxygen atoms in total. The largest absolute Gasteiger partial charge is 0.463 e. The van der Waals surface area contributed by atoms with E-state index in [0.29, 0.717) is 5.57 Å². The van der Waals surface area contributed by atoms with Crippen LogP contribution in [0.3, 0.4) is 0 Å². The van der Waals surface area contributed by atoms with Crippen molar-refractivity contribution in [2.24, 2.45) is 11.8 Å². The number of carbonyl (C=O) groups is 2. The van der Waals surface area contributed by atoms with Gasteiger partial charge in [-0.05, 0) is 45.6 Å². The summed E-state index contributed by atoms with van der Waals surface area (Å²) in [6, 6.07) is 0.113. The molecule has 0 unspecified atom stereocenters.